The molecule has 13 heavy (non-hydrogen) atoms. The van der Waals surface area contributed by atoms with E-state index < -0.39 is 6.10 Å². The van der Waals surface area contributed by atoms with Crippen LogP contribution in [0.25, 0.3) is 0 Å². The summed E-state index contributed by atoms with van der Waals surface area (Å²) in [7, 11) is 0. The van der Waals surface area contributed by atoms with Crippen molar-refractivity contribution in [3.63, 3.8) is 0 Å². The molecule has 1 aromatic carbocycles. The number of hydrogen-bond acceptors (Lipinski definition) is 4. The molecule has 0 amide bonds. The van der Waals surface area contributed by atoms with Crippen LogP contribution in [0, 0.1) is 0 Å². The van der Waals surface area contributed by atoms with Crippen molar-refractivity contribution in [3.05, 3.63) is 23.8 Å². The third-order valence-electron chi connectivity index (χ3n) is 1.93. The van der Waals surface area contributed by atoms with Crippen molar-refractivity contribution in [2.75, 3.05) is 6.61 Å². The van der Waals surface area contributed by atoms with Crippen molar-refractivity contribution in [2.45, 2.75) is 6.10 Å². The molecule has 0 saturated carbocycles. The Morgan fingerprint density at radius 3 is 3.00 bits per heavy atom. The van der Waals surface area contributed by atoms with E-state index in [1.165, 1.54) is 18.2 Å². The zero-order chi connectivity index (χ0) is 9.42. The molecule has 1 aromatic rings. The van der Waals surface area contributed by atoms with Crippen molar-refractivity contribution in [3.8, 4) is 11.5 Å². The number of rotatable bonds is 0. The summed E-state index contributed by atoms with van der Waals surface area (Å²) < 4.78 is 5.06. The molecule has 0 radical (unpaired) electrons. The summed E-state index contributed by atoms with van der Waals surface area (Å²) >= 11 is 0. The van der Waals surface area contributed by atoms with Gasteiger partial charge in [0, 0.05) is 6.07 Å². The van der Waals surface area contributed by atoms with Gasteiger partial charge in [0.25, 0.3) is 0 Å². The van der Waals surface area contributed by atoms with Crippen molar-refractivity contribution in [1.29, 1.82) is 0 Å². The van der Waals surface area contributed by atoms with Gasteiger partial charge in [0.2, 0.25) is 0 Å². The van der Waals surface area contributed by atoms with Crippen LogP contribution in [0.2, 0.25) is 0 Å². The number of Topliss-reactive ketones (excluding diaryl/α,β-unsaturated/α-hetero) is 1. The minimum Gasteiger partial charge on any atom is -0.508 e. The maximum absolute atomic E-state index is 11.3. The summed E-state index contributed by atoms with van der Waals surface area (Å²) in [6.45, 7) is -0.0463. The Morgan fingerprint density at radius 2 is 2.23 bits per heavy atom. The molecule has 0 bridgehead atoms. The van der Waals surface area contributed by atoms with E-state index in [1.54, 1.807) is 0 Å². The Bertz CT molecular complexity index is 359. The summed E-state index contributed by atoms with van der Waals surface area (Å²) in [6, 6.07) is 4.19. The molecule has 1 aliphatic heterocycles. The standard InChI is InChI=1S/C9H8O4/c10-5-1-2-6-8(3-5)13-4-7(11)9(6)12/h1-3,7,10-11H,4H2/t7-/m0/s1. The second-order valence-electron chi connectivity index (χ2n) is 2.87. The quantitative estimate of drug-likeness (QED) is 0.603. The van der Waals surface area contributed by atoms with Crippen LogP contribution >= 0.6 is 0 Å². The van der Waals surface area contributed by atoms with Gasteiger partial charge in [-0.3, -0.25) is 4.79 Å². The lowest BCUT2D eigenvalue weighted by molar-refractivity contribution is 0.0557. The zero-order valence-corrected chi connectivity index (χ0v) is 6.73. The van der Waals surface area contributed by atoms with E-state index in [0.717, 1.165) is 0 Å². The molecule has 68 valence electrons. The number of aliphatic hydroxyl groups is 1. The number of carbonyl (C=O) groups is 1. The average molecular weight is 180 g/mol. The van der Waals surface area contributed by atoms with Gasteiger partial charge in [0.05, 0.1) is 5.56 Å². The molecule has 4 nitrogen and oxygen atoms in total. The zero-order valence-electron chi connectivity index (χ0n) is 6.73. The normalized spacial score (nSPS) is 20.7. The number of benzene rings is 1. The van der Waals surface area contributed by atoms with Crippen molar-refractivity contribution in [2.24, 2.45) is 0 Å². The number of fused-ring (bicyclic) bond motifs is 1. The van der Waals surface area contributed by atoms with Gasteiger partial charge < -0.3 is 14.9 Å². The predicted octanol–water partition coefficient (Wildman–Crippen LogP) is 0.328. The first-order valence-corrected chi connectivity index (χ1v) is 3.86. The van der Waals surface area contributed by atoms with E-state index in [-0.39, 0.29) is 18.1 Å². The molecule has 0 aromatic heterocycles. The third kappa shape index (κ3) is 1.25. The summed E-state index contributed by atoms with van der Waals surface area (Å²) in [4.78, 5) is 11.3. The summed E-state index contributed by atoms with van der Waals surface area (Å²) in [6.07, 6.45) is -1.09. The van der Waals surface area contributed by atoms with Gasteiger partial charge in [-0.15, -0.1) is 0 Å². The van der Waals surface area contributed by atoms with E-state index in [1.807, 2.05) is 0 Å². The molecule has 0 spiro atoms. The molecule has 4 heteroatoms. The molecular weight excluding hydrogens is 172 g/mol. The number of carbonyl (C=O) groups excluding carboxylic acids is 1. The maximum Gasteiger partial charge on any atom is 0.198 e. The fraction of sp³-hybridized carbons (Fsp3) is 0.222. The van der Waals surface area contributed by atoms with Crippen LogP contribution in [-0.4, -0.2) is 28.7 Å². The monoisotopic (exact) mass is 180 g/mol. The molecule has 2 rings (SSSR count). The number of ether oxygens (including phenoxy) is 1. The number of phenols is 1. The number of aromatic hydroxyl groups is 1. The fourth-order valence-corrected chi connectivity index (χ4v) is 1.26. The van der Waals surface area contributed by atoms with E-state index >= 15 is 0 Å². The Labute approximate surface area is 74.4 Å². The van der Waals surface area contributed by atoms with Crippen LogP contribution in [0.3, 0.4) is 0 Å². The summed E-state index contributed by atoms with van der Waals surface area (Å²) in [5.74, 6) is 0.0134. The smallest absolute Gasteiger partial charge is 0.198 e. The van der Waals surface area contributed by atoms with Gasteiger partial charge in [0.1, 0.15) is 18.1 Å². The molecule has 1 heterocycles. The molecule has 0 fully saturated rings. The first kappa shape index (κ1) is 8.07. The van der Waals surface area contributed by atoms with Gasteiger partial charge in [-0.1, -0.05) is 0 Å². The Kier molecular flexibility index (Phi) is 1.70. The van der Waals surface area contributed by atoms with Crippen LogP contribution in [0.4, 0.5) is 0 Å². The highest BCUT2D eigenvalue weighted by molar-refractivity contribution is 6.02. The topological polar surface area (TPSA) is 66.8 Å². The highest BCUT2D eigenvalue weighted by atomic mass is 16.5. The van der Waals surface area contributed by atoms with Crippen molar-refractivity contribution < 1.29 is 19.7 Å². The lowest BCUT2D eigenvalue weighted by atomic mass is 10.0. The molecule has 0 saturated heterocycles. The summed E-state index contributed by atoms with van der Waals surface area (Å²) in [5.41, 5.74) is 0.316. The predicted molar refractivity (Wildman–Crippen MR) is 43.9 cm³/mol. The largest absolute Gasteiger partial charge is 0.508 e. The molecule has 0 aliphatic carbocycles. The van der Waals surface area contributed by atoms with Crippen LogP contribution < -0.4 is 4.74 Å². The molecule has 1 atom stereocenters. The third-order valence-corrected chi connectivity index (χ3v) is 1.93. The minimum atomic E-state index is -1.09. The second kappa shape index (κ2) is 2.74. The van der Waals surface area contributed by atoms with E-state index in [4.69, 9.17) is 14.9 Å². The number of phenolic OH excluding ortho intramolecular Hbond substituents is 1. The highest BCUT2D eigenvalue weighted by Gasteiger charge is 2.26. The fourth-order valence-electron chi connectivity index (χ4n) is 1.26. The maximum atomic E-state index is 11.3. The molecule has 2 N–H and O–H groups in total. The van der Waals surface area contributed by atoms with Crippen LogP contribution in [-0.2, 0) is 0 Å². The Hall–Kier alpha value is -1.55. The van der Waals surface area contributed by atoms with Crippen LogP contribution in [0.5, 0.6) is 11.5 Å². The van der Waals surface area contributed by atoms with E-state index in [0.29, 0.717) is 11.3 Å². The van der Waals surface area contributed by atoms with Gasteiger partial charge in [-0.05, 0) is 12.1 Å². The van der Waals surface area contributed by atoms with Gasteiger partial charge in [-0.2, -0.15) is 0 Å². The van der Waals surface area contributed by atoms with Crippen LogP contribution in [0.15, 0.2) is 18.2 Å². The Morgan fingerprint density at radius 1 is 1.46 bits per heavy atom. The van der Waals surface area contributed by atoms with Crippen molar-refractivity contribution in [1.82, 2.24) is 0 Å². The first-order chi connectivity index (χ1) is 6.18. The van der Waals surface area contributed by atoms with Crippen LogP contribution in [0.1, 0.15) is 10.4 Å². The van der Waals surface area contributed by atoms with E-state index in [2.05, 4.69) is 0 Å². The van der Waals surface area contributed by atoms with Gasteiger partial charge in [0.15, 0.2) is 11.9 Å². The highest BCUT2D eigenvalue weighted by Crippen LogP contribution is 2.28. The lowest BCUT2D eigenvalue weighted by Crippen LogP contribution is -2.32. The van der Waals surface area contributed by atoms with Gasteiger partial charge in [-0.25, -0.2) is 0 Å². The first-order valence-electron chi connectivity index (χ1n) is 3.86. The number of hydrogen-bond donors (Lipinski definition) is 2. The van der Waals surface area contributed by atoms with E-state index in [9.17, 15) is 4.79 Å². The average Bonchev–Trinajstić information content (AvgIpc) is 2.12. The Balaban J connectivity index is 2.50. The number of aliphatic hydroxyl groups excluding tert-OH is 1. The summed E-state index contributed by atoms with van der Waals surface area (Å²) in [5, 5.41) is 18.2. The molecular formula is C9H8O4. The molecule has 0 unspecified atom stereocenters. The molecule has 1 aliphatic rings. The second-order valence-corrected chi connectivity index (χ2v) is 2.87. The SMILES string of the molecule is O=C1c2ccc(O)cc2OC[C@@H]1O. The van der Waals surface area contributed by atoms with Gasteiger partial charge >= 0.3 is 0 Å². The minimum absolute atomic E-state index is 0.0444. The van der Waals surface area contributed by atoms with Crippen molar-refractivity contribution >= 4 is 5.78 Å². The number of ketones is 1. The lowest BCUT2D eigenvalue weighted by Gasteiger charge is -2.20.